The fourth-order valence-corrected chi connectivity index (χ4v) is 2.16. The van der Waals surface area contributed by atoms with Gasteiger partial charge in [0.05, 0.1) is 6.61 Å². The lowest BCUT2D eigenvalue weighted by molar-refractivity contribution is -0.135. The van der Waals surface area contributed by atoms with E-state index in [2.05, 4.69) is 22.1 Å². The molecule has 8 heteroatoms. The van der Waals surface area contributed by atoms with Gasteiger partial charge >= 0.3 is 5.97 Å². The molecule has 0 saturated carbocycles. The van der Waals surface area contributed by atoms with E-state index in [4.69, 9.17) is 21.4 Å². The minimum Gasteiger partial charge on any atom is -0.505 e. The van der Waals surface area contributed by atoms with Crippen LogP contribution in [0.5, 0.6) is 5.75 Å². The molecule has 0 fully saturated rings. The molecule has 0 aliphatic carbocycles. The van der Waals surface area contributed by atoms with E-state index >= 15 is 0 Å². The molecule has 1 aromatic carbocycles. The van der Waals surface area contributed by atoms with E-state index < -0.39 is 18.4 Å². The SMILES string of the molecule is O=C(O)CNC(=O)c1ncc(C#CCOCCc2ccc(Cl)cc2)cc1O. The molecule has 3 N–H and O–H groups in total. The number of nitrogens with zero attached hydrogens (tertiary/aromatic N) is 1. The number of ether oxygens (including phenoxy) is 1. The molecule has 0 saturated heterocycles. The number of carboxylic acid groups (broad SMARTS) is 1. The Balaban J connectivity index is 1.80. The van der Waals surface area contributed by atoms with E-state index in [1.54, 1.807) is 0 Å². The van der Waals surface area contributed by atoms with Crippen LogP contribution in [-0.4, -0.2) is 46.8 Å². The average molecular weight is 389 g/mol. The minimum absolute atomic E-state index is 0.204. The first kappa shape index (κ1) is 20.2. The Morgan fingerprint density at radius 1 is 1.26 bits per heavy atom. The highest BCUT2D eigenvalue weighted by molar-refractivity contribution is 6.30. The largest absolute Gasteiger partial charge is 0.505 e. The molecule has 27 heavy (non-hydrogen) atoms. The fraction of sp³-hybridized carbons (Fsp3) is 0.211. The van der Waals surface area contributed by atoms with Crippen molar-refractivity contribution in [3.8, 4) is 17.6 Å². The number of halogens is 1. The van der Waals surface area contributed by atoms with Gasteiger partial charge < -0.3 is 20.3 Å². The molecule has 1 amide bonds. The van der Waals surface area contributed by atoms with Crippen LogP contribution in [0.15, 0.2) is 36.5 Å². The number of hydrogen-bond acceptors (Lipinski definition) is 5. The van der Waals surface area contributed by atoms with Crippen molar-refractivity contribution in [3.63, 3.8) is 0 Å². The zero-order chi connectivity index (χ0) is 19.6. The molecule has 0 bridgehead atoms. The monoisotopic (exact) mass is 388 g/mol. The highest BCUT2D eigenvalue weighted by Gasteiger charge is 2.13. The van der Waals surface area contributed by atoms with Crippen molar-refractivity contribution >= 4 is 23.5 Å². The predicted molar refractivity (Wildman–Crippen MR) is 98.7 cm³/mol. The van der Waals surface area contributed by atoms with Gasteiger partial charge in [-0.3, -0.25) is 9.59 Å². The molecule has 0 aliphatic heterocycles. The Hall–Kier alpha value is -3.08. The highest BCUT2D eigenvalue weighted by atomic mass is 35.5. The van der Waals surface area contributed by atoms with Gasteiger partial charge in [0.2, 0.25) is 0 Å². The Morgan fingerprint density at radius 3 is 2.67 bits per heavy atom. The van der Waals surface area contributed by atoms with Gasteiger partial charge in [0.25, 0.3) is 5.91 Å². The molecule has 2 aromatic rings. The summed E-state index contributed by atoms with van der Waals surface area (Å²) in [7, 11) is 0. The van der Waals surface area contributed by atoms with Crippen molar-refractivity contribution in [2.24, 2.45) is 0 Å². The van der Waals surface area contributed by atoms with Gasteiger partial charge in [-0.05, 0) is 30.2 Å². The number of pyridine rings is 1. The average Bonchev–Trinajstić information content (AvgIpc) is 2.64. The van der Waals surface area contributed by atoms with Crippen LogP contribution in [0.3, 0.4) is 0 Å². The van der Waals surface area contributed by atoms with Gasteiger partial charge in [-0.1, -0.05) is 35.6 Å². The number of carbonyl (C=O) groups excluding carboxylic acids is 1. The molecular weight excluding hydrogens is 372 g/mol. The molecule has 7 nitrogen and oxygen atoms in total. The number of carbonyl (C=O) groups is 2. The van der Waals surface area contributed by atoms with Crippen LogP contribution in [0, 0.1) is 11.8 Å². The van der Waals surface area contributed by atoms with Gasteiger partial charge in [-0.25, -0.2) is 4.98 Å². The Morgan fingerprint density at radius 2 is 2.00 bits per heavy atom. The third-order valence-electron chi connectivity index (χ3n) is 3.34. The Labute approximate surface area is 161 Å². The normalized spacial score (nSPS) is 9.96. The maximum Gasteiger partial charge on any atom is 0.322 e. The number of aromatic nitrogens is 1. The number of aliphatic carboxylic acids is 1. The maximum absolute atomic E-state index is 11.7. The van der Waals surface area contributed by atoms with E-state index in [-0.39, 0.29) is 18.1 Å². The molecular formula is C19H17ClN2O5. The molecule has 0 atom stereocenters. The van der Waals surface area contributed by atoms with Crippen molar-refractivity contribution in [2.75, 3.05) is 19.8 Å². The number of aromatic hydroxyl groups is 1. The van der Waals surface area contributed by atoms with Crippen molar-refractivity contribution in [3.05, 3.63) is 58.4 Å². The molecule has 0 spiro atoms. The number of hydrogen-bond donors (Lipinski definition) is 3. The second kappa shape index (κ2) is 10.2. The summed E-state index contributed by atoms with van der Waals surface area (Å²) in [6, 6.07) is 8.78. The lowest BCUT2D eigenvalue weighted by Gasteiger charge is -2.04. The first-order valence-corrected chi connectivity index (χ1v) is 8.33. The summed E-state index contributed by atoms with van der Waals surface area (Å²) in [6.45, 7) is 0.145. The van der Waals surface area contributed by atoms with Crippen molar-refractivity contribution in [1.29, 1.82) is 0 Å². The predicted octanol–water partition coefficient (Wildman–Crippen LogP) is 1.87. The fourth-order valence-electron chi connectivity index (χ4n) is 2.04. The third kappa shape index (κ3) is 6.98. The Bertz CT molecular complexity index is 872. The third-order valence-corrected chi connectivity index (χ3v) is 3.59. The summed E-state index contributed by atoms with van der Waals surface area (Å²) < 4.78 is 5.43. The van der Waals surface area contributed by atoms with E-state index in [0.717, 1.165) is 12.0 Å². The van der Waals surface area contributed by atoms with Crippen LogP contribution in [-0.2, 0) is 16.0 Å². The standard InChI is InChI=1S/C19H17ClN2O5/c20-15-5-3-13(4-6-15)7-9-27-8-1-2-14-10-16(23)18(21-11-14)19(26)22-12-17(24)25/h3-6,10-11,23H,7-9,12H2,(H,22,26)(H,24,25). The summed E-state index contributed by atoms with van der Waals surface area (Å²) in [5.74, 6) is 3.21. The molecule has 0 radical (unpaired) electrons. The number of carboxylic acids is 1. The first-order chi connectivity index (χ1) is 13.0. The molecule has 0 aliphatic rings. The van der Waals surface area contributed by atoms with Crippen LogP contribution >= 0.6 is 11.6 Å². The van der Waals surface area contributed by atoms with Gasteiger partial charge in [0.1, 0.15) is 18.9 Å². The lowest BCUT2D eigenvalue weighted by Crippen LogP contribution is -2.29. The summed E-state index contributed by atoms with van der Waals surface area (Å²) in [6.07, 6.45) is 2.05. The zero-order valence-corrected chi connectivity index (χ0v) is 15.0. The first-order valence-electron chi connectivity index (χ1n) is 7.96. The second-order valence-corrected chi connectivity index (χ2v) is 5.84. The quantitative estimate of drug-likeness (QED) is 0.493. The number of nitrogens with one attached hydrogen (secondary N) is 1. The van der Waals surface area contributed by atoms with Gasteiger partial charge in [-0.2, -0.15) is 0 Å². The molecule has 140 valence electrons. The molecule has 1 heterocycles. The van der Waals surface area contributed by atoms with E-state index in [1.165, 1.54) is 12.3 Å². The van der Waals surface area contributed by atoms with Crippen molar-refractivity contribution < 1.29 is 24.5 Å². The van der Waals surface area contributed by atoms with Crippen LogP contribution in [0.2, 0.25) is 5.02 Å². The van der Waals surface area contributed by atoms with Crippen molar-refractivity contribution in [2.45, 2.75) is 6.42 Å². The lowest BCUT2D eigenvalue weighted by atomic mass is 10.2. The van der Waals surface area contributed by atoms with Crippen molar-refractivity contribution in [1.82, 2.24) is 10.3 Å². The number of rotatable bonds is 7. The number of benzene rings is 1. The van der Waals surface area contributed by atoms with E-state index in [9.17, 15) is 14.7 Å². The molecule has 0 unspecified atom stereocenters. The summed E-state index contributed by atoms with van der Waals surface area (Å²) in [5, 5.41) is 21.2. The summed E-state index contributed by atoms with van der Waals surface area (Å²) in [4.78, 5) is 25.9. The zero-order valence-electron chi connectivity index (χ0n) is 14.2. The van der Waals surface area contributed by atoms with Gasteiger partial charge in [0, 0.05) is 16.8 Å². The maximum atomic E-state index is 11.7. The smallest absolute Gasteiger partial charge is 0.322 e. The summed E-state index contributed by atoms with van der Waals surface area (Å²) in [5.41, 5.74) is 1.25. The topological polar surface area (TPSA) is 109 Å². The van der Waals surface area contributed by atoms with Crippen LogP contribution in [0.25, 0.3) is 0 Å². The van der Waals surface area contributed by atoms with E-state index in [1.807, 2.05) is 24.3 Å². The summed E-state index contributed by atoms with van der Waals surface area (Å²) >= 11 is 5.82. The van der Waals surface area contributed by atoms with Gasteiger partial charge in [0.15, 0.2) is 5.69 Å². The van der Waals surface area contributed by atoms with E-state index in [0.29, 0.717) is 17.2 Å². The molecule has 1 aromatic heterocycles. The van der Waals surface area contributed by atoms with Crippen LogP contribution < -0.4 is 5.32 Å². The second-order valence-electron chi connectivity index (χ2n) is 5.40. The van der Waals surface area contributed by atoms with Gasteiger partial charge in [-0.15, -0.1) is 0 Å². The highest BCUT2D eigenvalue weighted by Crippen LogP contribution is 2.15. The van der Waals surface area contributed by atoms with Crippen LogP contribution in [0.4, 0.5) is 0 Å². The minimum atomic E-state index is -1.19. The molecule has 2 rings (SSSR count). The van der Waals surface area contributed by atoms with Crippen LogP contribution in [0.1, 0.15) is 21.6 Å². The number of amides is 1. The Kier molecular flexibility index (Phi) is 7.62.